The summed E-state index contributed by atoms with van der Waals surface area (Å²) in [6, 6.07) is 5.25. The van der Waals surface area contributed by atoms with Crippen LogP contribution in [0.2, 0.25) is 0 Å². The highest BCUT2D eigenvalue weighted by atomic mass is 16.2. The van der Waals surface area contributed by atoms with E-state index >= 15 is 0 Å². The third-order valence-electron chi connectivity index (χ3n) is 6.29. The summed E-state index contributed by atoms with van der Waals surface area (Å²) < 4.78 is 0. The molecule has 0 bridgehead atoms. The predicted molar refractivity (Wildman–Crippen MR) is 106 cm³/mol. The molecule has 1 saturated heterocycles. The van der Waals surface area contributed by atoms with Gasteiger partial charge in [0.05, 0.1) is 0 Å². The molecule has 1 saturated carbocycles. The van der Waals surface area contributed by atoms with Crippen LogP contribution in [0.25, 0.3) is 0 Å². The van der Waals surface area contributed by atoms with Crippen LogP contribution < -0.4 is 16.0 Å². The lowest BCUT2D eigenvalue weighted by molar-refractivity contribution is -0.137. The van der Waals surface area contributed by atoms with Gasteiger partial charge in [-0.2, -0.15) is 0 Å². The molecule has 1 aromatic rings. The van der Waals surface area contributed by atoms with Gasteiger partial charge in [-0.3, -0.25) is 24.5 Å². The van der Waals surface area contributed by atoms with E-state index in [9.17, 15) is 19.2 Å². The molecule has 0 aromatic heterocycles. The van der Waals surface area contributed by atoms with Gasteiger partial charge in [0.15, 0.2) is 0 Å². The quantitative estimate of drug-likeness (QED) is 0.660. The minimum atomic E-state index is -0.608. The molecule has 3 aliphatic rings. The maximum absolute atomic E-state index is 12.9. The number of carbonyl (C=O) groups excluding carboxylic acids is 4. The number of imide groups is 1. The number of carbonyl (C=O) groups is 4. The monoisotopic (exact) mass is 398 g/mol. The average Bonchev–Trinajstić information content (AvgIpc) is 3.05. The first-order valence-electron chi connectivity index (χ1n) is 10.2. The van der Waals surface area contributed by atoms with Crippen LogP contribution in [0.5, 0.6) is 0 Å². The van der Waals surface area contributed by atoms with Crippen molar-refractivity contribution in [2.24, 2.45) is 5.92 Å². The first kappa shape index (κ1) is 19.4. The van der Waals surface area contributed by atoms with Gasteiger partial charge in [0.1, 0.15) is 6.04 Å². The van der Waals surface area contributed by atoms with Crippen molar-refractivity contribution in [2.75, 3.05) is 12.4 Å². The normalized spacial score (nSPS) is 26.7. The van der Waals surface area contributed by atoms with Crippen LogP contribution in [0, 0.1) is 5.92 Å². The largest absolute Gasteiger partial charge is 0.382 e. The highest BCUT2D eigenvalue weighted by molar-refractivity contribution is 6.06. The van der Waals surface area contributed by atoms with Gasteiger partial charge in [-0.15, -0.1) is 0 Å². The Labute approximate surface area is 169 Å². The Kier molecular flexibility index (Phi) is 5.25. The van der Waals surface area contributed by atoms with Crippen molar-refractivity contribution in [3.05, 3.63) is 29.3 Å². The highest BCUT2D eigenvalue weighted by Gasteiger charge is 2.40. The van der Waals surface area contributed by atoms with Crippen LogP contribution in [-0.2, 0) is 20.9 Å². The zero-order chi connectivity index (χ0) is 20.5. The zero-order valence-electron chi connectivity index (χ0n) is 16.5. The van der Waals surface area contributed by atoms with E-state index < -0.39 is 11.9 Å². The Morgan fingerprint density at radius 1 is 1.10 bits per heavy atom. The van der Waals surface area contributed by atoms with Gasteiger partial charge in [0.2, 0.25) is 17.7 Å². The van der Waals surface area contributed by atoms with Crippen molar-refractivity contribution in [2.45, 2.75) is 57.2 Å². The van der Waals surface area contributed by atoms with E-state index in [-0.39, 0.29) is 36.1 Å². The van der Waals surface area contributed by atoms with Crippen molar-refractivity contribution in [1.29, 1.82) is 0 Å². The van der Waals surface area contributed by atoms with E-state index in [1.807, 2.05) is 12.1 Å². The molecule has 29 heavy (non-hydrogen) atoms. The lowest BCUT2D eigenvalue weighted by atomic mass is 9.85. The fraction of sp³-hybridized carbons (Fsp3) is 0.524. The summed E-state index contributed by atoms with van der Waals surface area (Å²) in [7, 11) is 1.67. The predicted octanol–water partition coefficient (Wildman–Crippen LogP) is 1.16. The number of benzene rings is 1. The molecule has 3 N–H and O–H groups in total. The van der Waals surface area contributed by atoms with Crippen LogP contribution in [0.1, 0.15) is 54.4 Å². The highest BCUT2D eigenvalue weighted by Crippen LogP contribution is 2.34. The van der Waals surface area contributed by atoms with Crippen LogP contribution in [-0.4, -0.2) is 47.7 Å². The molecule has 1 aromatic carbocycles. The standard InChI is InChI=1S/C21H26N4O4/c1-22-19(27)12-5-7-13(8-6-12)23-16-4-2-3-14-15(16)11-25(21(14)29)17-9-10-18(26)24-20(17)28/h2-4,12-13,17,23H,5-11H2,1H3,(H,22,27)(H,24,26,28). The average molecular weight is 398 g/mol. The molecular formula is C21H26N4O4. The first-order chi connectivity index (χ1) is 14.0. The second-order valence-electron chi connectivity index (χ2n) is 8.04. The van der Waals surface area contributed by atoms with Crippen molar-refractivity contribution >= 4 is 29.3 Å². The number of fused-ring (bicyclic) bond motifs is 1. The molecule has 0 spiro atoms. The van der Waals surface area contributed by atoms with Gasteiger partial charge >= 0.3 is 0 Å². The van der Waals surface area contributed by atoms with Crippen LogP contribution in [0.4, 0.5) is 5.69 Å². The fourth-order valence-electron chi connectivity index (χ4n) is 4.64. The van der Waals surface area contributed by atoms with Gasteiger partial charge in [-0.25, -0.2) is 0 Å². The Balaban J connectivity index is 1.46. The van der Waals surface area contributed by atoms with E-state index in [1.54, 1.807) is 18.0 Å². The number of hydrogen-bond acceptors (Lipinski definition) is 5. The summed E-state index contributed by atoms with van der Waals surface area (Å²) >= 11 is 0. The molecule has 2 heterocycles. The van der Waals surface area contributed by atoms with E-state index in [0.29, 0.717) is 18.5 Å². The van der Waals surface area contributed by atoms with Crippen molar-refractivity contribution in [3.8, 4) is 0 Å². The number of anilines is 1. The van der Waals surface area contributed by atoms with Crippen LogP contribution in [0.3, 0.4) is 0 Å². The smallest absolute Gasteiger partial charge is 0.255 e. The van der Waals surface area contributed by atoms with Crippen LogP contribution in [0.15, 0.2) is 18.2 Å². The summed E-state index contributed by atoms with van der Waals surface area (Å²) in [6.45, 7) is 0.358. The molecule has 2 fully saturated rings. The zero-order valence-corrected chi connectivity index (χ0v) is 16.5. The van der Waals surface area contributed by atoms with Gasteiger partial charge in [0, 0.05) is 48.8 Å². The number of nitrogens with zero attached hydrogens (tertiary/aromatic N) is 1. The van der Waals surface area contributed by atoms with E-state index in [2.05, 4.69) is 16.0 Å². The summed E-state index contributed by atoms with van der Waals surface area (Å²) in [5.41, 5.74) is 2.42. The lowest BCUT2D eigenvalue weighted by Gasteiger charge is -2.30. The molecule has 1 unspecified atom stereocenters. The van der Waals surface area contributed by atoms with Gasteiger partial charge in [-0.05, 0) is 44.2 Å². The van der Waals surface area contributed by atoms with Crippen molar-refractivity contribution < 1.29 is 19.2 Å². The molecule has 8 heteroatoms. The minimum Gasteiger partial charge on any atom is -0.382 e. The van der Waals surface area contributed by atoms with E-state index in [0.717, 1.165) is 36.9 Å². The third-order valence-corrected chi connectivity index (χ3v) is 6.29. The molecule has 4 amide bonds. The van der Waals surface area contributed by atoms with Gasteiger partial charge < -0.3 is 15.5 Å². The SMILES string of the molecule is CNC(=O)C1CCC(Nc2cccc3c2CN(C2CCC(=O)NC2=O)C3=O)CC1. The lowest BCUT2D eigenvalue weighted by Crippen LogP contribution is -2.52. The number of rotatable bonds is 4. The molecule has 154 valence electrons. The Morgan fingerprint density at radius 2 is 1.86 bits per heavy atom. The Hall–Kier alpha value is -2.90. The summed E-state index contributed by atoms with van der Waals surface area (Å²) in [6.07, 6.45) is 4.08. The van der Waals surface area contributed by atoms with Crippen molar-refractivity contribution in [3.63, 3.8) is 0 Å². The maximum Gasteiger partial charge on any atom is 0.255 e. The third kappa shape index (κ3) is 3.71. The van der Waals surface area contributed by atoms with E-state index in [1.165, 1.54) is 0 Å². The second-order valence-corrected chi connectivity index (χ2v) is 8.04. The summed E-state index contributed by atoms with van der Waals surface area (Å²) in [5.74, 6) is -0.672. The Bertz CT molecular complexity index is 860. The molecule has 8 nitrogen and oxygen atoms in total. The van der Waals surface area contributed by atoms with Crippen molar-refractivity contribution in [1.82, 2.24) is 15.5 Å². The minimum absolute atomic E-state index is 0.0733. The number of piperidine rings is 1. The fourth-order valence-corrected chi connectivity index (χ4v) is 4.64. The second kappa shape index (κ2) is 7.85. The Morgan fingerprint density at radius 3 is 2.55 bits per heavy atom. The van der Waals surface area contributed by atoms with Gasteiger partial charge in [-0.1, -0.05) is 6.07 Å². The number of nitrogens with one attached hydrogen (secondary N) is 3. The number of hydrogen-bond donors (Lipinski definition) is 3. The summed E-state index contributed by atoms with van der Waals surface area (Å²) in [4.78, 5) is 50.0. The van der Waals surface area contributed by atoms with Gasteiger partial charge in [0.25, 0.3) is 5.91 Å². The first-order valence-corrected chi connectivity index (χ1v) is 10.2. The number of amides is 4. The molecule has 1 aliphatic carbocycles. The molecule has 0 radical (unpaired) electrons. The topological polar surface area (TPSA) is 108 Å². The molecular weight excluding hydrogens is 372 g/mol. The van der Waals surface area contributed by atoms with Crippen LogP contribution >= 0.6 is 0 Å². The maximum atomic E-state index is 12.9. The molecule has 4 rings (SSSR count). The van der Waals surface area contributed by atoms with E-state index in [4.69, 9.17) is 0 Å². The summed E-state index contributed by atoms with van der Waals surface area (Å²) in [5, 5.41) is 8.61. The molecule has 2 aliphatic heterocycles. The molecule has 1 atom stereocenters.